The Morgan fingerprint density at radius 2 is 1.96 bits per heavy atom. The third kappa shape index (κ3) is 5.04. The topological polar surface area (TPSA) is 154 Å². The summed E-state index contributed by atoms with van der Waals surface area (Å²) < 4.78 is 40.8. The number of sulfone groups is 1. The van der Waals surface area contributed by atoms with Gasteiger partial charge in [-0.1, -0.05) is 30.3 Å². The lowest BCUT2D eigenvalue weighted by Crippen LogP contribution is -2.35. The standard InChI is InChI=1S/C33H31N7O5S/c1-33(2)29(45-32(41)39-17-16-35-20-39)24-18-23(10-11-27(24)46(33,42)43)37-30-28-26(40(38-30)25(12-14-34)22-8-9-22)13-15-36-31(28)44-19-21-6-4-3-5-7-21/h3-7,10-11,13,15-18,20,22,25,29H,8-9,12,19H2,1-2H3,(H,37,38). The van der Waals surface area contributed by atoms with Crippen molar-refractivity contribution in [2.24, 2.45) is 5.92 Å². The van der Waals surface area contributed by atoms with E-state index in [0.717, 1.165) is 28.5 Å². The second kappa shape index (κ2) is 11.3. The zero-order valence-corrected chi connectivity index (χ0v) is 26.0. The van der Waals surface area contributed by atoms with E-state index in [1.807, 2.05) is 41.1 Å². The lowest BCUT2D eigenvalue weighted by Gasteiger charge is -2.25. The van der Waals surface area contributed by atoms with Crippen molar-refractivity contribution in [2.75, 3.05) is 5.32 Å². The van der Waals surface area contributed by atoms with Crippen molar-refractivity contribution in [2.45, 2.75) is 61.5 Å². The number of hydrogen-bond acceptors (Lipinski definition) is 10. The monoisotopic (exact) mass is 637 g/mol. The number of pyridine rings is 1. The number of nitrogens with zero attached hydrogens (tertiary/aromatic N) is 6. The number of aromatic nitrogens is 5. The highest BCUT2D eigenvalue weighted by Gasteiger charge is 2.54. The van der Waals surface area contributed by atoms with Crippen LogP contribution in [0.2, 0.25) is 0 Å². The number of carbonyl (C=O) groups is 1. The molecule has 46 heavy (non-hydrogen) atoms. The summed E-state index contributed by atoms with van der Waals surface area (Å²) in [5.41, 5.74) is 2.63. The first-order chi connectivity index (χ1) is 22.2. The molecular weight excluding hydrogens is 606 g/mol. The molecule has 234 valence electrons. The van der Waals surface area contributed by atoms with Gasteiger partial charge in [0.2, 0.25) is 5.88 Å². The maximum atomic E-state index is 13.6. The summed E-state index contributed by atoms with van der Waals surface area (Å²) in [5, 5.41) is 18.6. The molecule has 0 bridgehead atoms. The fourth-order valence-corrected chi connectivity index (χ4v) is 7.75. The third-order valence-corrected chi connectivity index (χ3v) is 11.2. The highest BCUT2D eigenvalue weighted by Crippen LogP contribution is 2.50. The molecule has 1 aliphatic heterocycles. The van der Waals surface area contributed by atoms with Gasteiger partial charge in [0.1, 0.15) is 29.2 Å². The number of nitrogens with one attached hydrogen (secondary N) is 1. The van der Waals surface area contributed by atoms with Gasteiger partial charge in [-0.25, -0.2) is 27.7 Å². The van der Waals surface area contributed by atoms with E-state index >= 15 is 0 Å². The molecule has 1 saturated carbocycles. The third-order valence-electron chi connectivity index (χ3n) is 8.69. The van der Waals surface area contributed by atoms with Gasteiger partial charge in [0.05, 0.1) is 28.9 Å². The molecule has 7 rings (SSSR count). The van der Waals surface area contributed by atoms with E-state index in [1.165, 1.54) is 24.8 Å². The molecule has 1 fully saturated rings. The van der Waals surface area contributed by atoms with Gasteiger partial charge in [-0.15, -0.1) is 0 Å². The van der Waals surface area contributed by atoms with Crippen LogP contribution in [0.25, 0.3) is 10.9 Å². The number of carbonyl (C=O) groups excluding carboxylic acids is 1. The van der Waals surface area contributed by atoms with E-state index in [2.05, 4.69) is 21.4 Å². The maximum Gasteiger partial charge on any atom is 0.419 e. The second-order valence-corrected chi connectivity index (χ2v) is 14.6. The summed E-state index contributed by atoms with van der Waals surface area (Å²) >= 11 is 0. The predicted octanol–water partition coefficient (Wildman–Crippen LogP) is 6.11. The normalized spacial score (nSPS) is 18.4. The number of hydrogen-bond donors (Lipinski definition) is 1. The van der Waals surface area contributed by atoms with Gasteiger partial charge in [0, 0.05) is 29.8 Å². The van der Waals surface area contributed by atoms with Crippen molar-refractivity contribution in [1.82, 2.24) is 24.3 Å². The summed E-state index contributed by atoms with van der Waals surface area (Å²) in [4.78, 5) is 21.4. The van der Waals surface area contributed by atoms with Crippen LogP contribution in [0.1, 0.15) is 56.4 Å². The van der Waals surface area contributed by atoms with Crippen LogP contribution in [-0.2, 0) is 21.2 Å². The number of anilines is 2. The molecular formula is C33H31N7O5S. The fraction of sp³-hybridized carbons (Fsp3) is 0.303. The highest BCUT2D eigenvalue weighted by atomic mass is 32.2. The number of ether oxygens (including phenoxy) is 2. The molecule has 0 radical (unpaired) electrons. The van der Waals surface area contributed by atoms with Crippen LogP contribution < -0.4 is 10.1 Å². The van der Waals surface area contributed by atoms with E-state index in [9.17, 15) is 18.5 Å². The number of nitriles is 1. The van der Waals surface area contributed by atoms with Crippen LogP contribution in [0.3, 0.4) is 0 Å². The molecule has 1 N–H and O–H groups in total. The zero-order valence-electron chi connectivity index (χ0n) is 25.2. The van der Waals surface area contributed by atoms with Gasteiger partial charge in [-0.3, -0.25) is 4.68 Å². The Hall–Kier alpha value is -5.22. The Morgan fingerprint density at radius 3 is 2.67 bits per heavy atom. The molecule has 2 aliphatic rings. The van der Waals surface area contributed by atoms with Gasteiger partial charge >= 0.3 is 6.09 Å². The van der Waals surface area contributed by atoms with Crippen molar-refractivity contribution in [1.29, 1.82) is 5.26 Å². The Bertz CT molecular complexity index is 2080. The van der Waals surface area contributed by atoms with E-state index in [1.54, 1.807) is 32.2 Å². The van der Waals surface area contributed by atoms with Crippen molar-refractivity contribution < 1.29 is 22.7 Å². The Balaban J connectivity index is 1.29. The van der Waals surface area contributed by atoms with Gasteiger partial charge in [-0.05, 0) is 62.4 Å². The molecule has 3 aromatic heterocycles. The van der Waals surface area contributed by atoms with E-state index in [4.69, 9.17) is 14.6 Å². The first-order valence-electron chi connectivity index (χ1n) is 14.9. The molecule has 12 nitrogen and oxygen atoms in total. The lowest BCUT2D eigenvalue weighted by molar-refractivity contribution is 0.0818. The Morgan fingerprint density at radius 1 is 1.15 bits per heavy atom. The SMILES string of the molecule is CC1(C)C(OC(=O)n2ccnc2)c2cc(Nc3nn(C(CC#N)C4CC4)c4ccnc(OCc5ccccc5)c34)ccc2S1(=O)=O. The predicted molar refractivity (Wildman–Crippen MR) is 168 cm³/mol. The number of fused-ring (bicyclic) bond motifs is 2. The van der Waals surface area contributed by atoms with Crippen LogP contribution in [0.5, 0.6) is 5.88 Å². The first kappa shape index (κ1) is 29.5. The lowest BCUT2D eigenvalue weighted by atomic mass is 9.98. The average Bonchev–Trinajstić information content (AvgIpc) is 3.56. The van der Waals surface area contributed by atoms with Gasteiger partial charge < -0.3 is 14.8 Å². The quantitative estimate of drug-likeness (QED) is 0.200. The Labute approximate surface area is 265 Å². The van der Waals surface area contributed by atoms with Crippen LogP contribution in [0, 0.1) is 17.2 Å². The molecule has 0 amide bonds. The number of rotatable bonds is 9. The Kier molecular flexibility index (Phi) is 7.24. The molecule has 0 spiro atoms. The molecule has 2 unspecified atom stereocenters. The average molecular weight is 638 g/mol. The molecule has 4 heterocycles. The summed E-state index contributed by atoms with van der Waals surface area (Å²) in [7, 11) is -3.84. The number of benzene rings is 2. The van der Waals surface area contributed by atoms with E-state index in [-0.39, 0.29) is 17.5 Å². The summed E-state index contributed by atoms with van der Waals surface area (Å²) in [6.07, 6.45) is 6.37. The smallest absolute Gasteiger partial charge is 0.419 e. The molecule has 0 saturated heterocycles. The van der Waals surface area contributed by atoms with Crippen molar-refractivity contribution in [3.63, 3.8) is 0 Å². The minimum absolute atomic E-state index is 0.0956. The maximum absolute atomic E-state index is 13.6. The molecule has 13 heteroatoms. The van der Waals surface area contributed by atoms with Crippen molar-refractivity contribution in [3.8, 4) is 11.9 Å². The van der Waals surface area contributed by atoms with Crippen LogP contribution in [-0.4, -0.2) is 43.6 Å². The molecule has 2 aromatic carbocycles. The highest BCUT2D eigenvalue weighted by molar-refractivity contribution is 7.93. The number of imidazole rings is 1. The van der Waals surface area contributed by atoms with Gasteiger partial charge in [-0.2, -0.15) is 10.4 Å². The van der Waals surface area contributed by atoms with Gasteiger partial charge in [0.15, 0.2) is 15.7 Å². The first-order valence-corrected chi connectivity index (χ1v) is 16.4. The summed E-state index contributed by atoms with van der Waals surface area (Å²) in [6.45, 7) is 3.38. The van der Waals surface area contributed by atoms with E-state index < -0.39 is 26.8 Å². The molecule has 5 aromatic rings. The summed E-state index contributed by atoms with van der Waals surface area (Å²) in [5.74, 6) is 1.16. The minimum Gasteiger partial charge on any atom is -0.472 e. The summed E-state index contributed by atoms with van der Waals surface area (Å²) in [6, 6.07) is 18.7. The zero-order chi connectivity index (χ0) is 32.1. The fourth-order valence-electron chi connectivity index (χ4n) is 6.01. The van der Waals surface area contributed by atoms with Crippen molar-refractivity contribution >= 4 is 38.3 Å². The van der Waals surface area contributed by atoms with Crippen LogP contribution in [0.4, 0.5) is 16.3 Å². The van der Waals surface area contributed by atoms with Gasteiger partial charge in [0.25, 0.3) is 0 Å². The van der Waals surface area contributed by atoms with Crippen LogP contribution in [0.15, 0.2) is 84.4 Å². The second-order valence-electron chi connectivity index (χ2n) is 12.1. The minimum atomic E-state index is -3.84. The molecule has 1 aliphatic carbocycles. The van der Waals surface area contributed by atoms with Crippen molar-refractivity contribution in [3.05, 3.63) is 90.6 Å². The molecule has 2 atom stereocenters. The van der Waals surface area contributed by atoms with Crippen LogP contribution >= 0.6 is 0 Å². The largest absolute Gasteiger partial charge is 0.472 e. The van der Waals surface area contributed by atoms with E-state index in [0.29, 0.717) is 40.7 Å².